The Morgan fingerprint density at radius 2 is 1.94 bits per heavy atom. The number of nitrogens with zero attached hydrogens (tertiary/aromatic N) is 4. The van der Waals surface area contributed by atoms with E-state index in [2.05, 4.69) is 19.9 Å². The number of rotatable bonds is 3. The van der Waals surface area contributed by atoms with Gasteiger partial charge in [-0.2, -0.15) is 0 Å². The van der Waals surface area contributed by atoms with Gasteiger partial charge in [0.1, 0.15) is 16.5 Å². The van der Waals surface area contributed by atoms with Crippen molar-refractivity contribution in [3.8, 4) is 0 Å². The first kappa shape index (κ1) is 12.2. The smallest absolute Gasteiger partial charge is 0.193 e. The van der Waals surface area contributed by atoms with Crippen molar-refractivity contribution in [2.24, 2.45) is 0 Å². The van der Waals surface area contributed by atoms with Crippen LogP contribution in [0.3, 0.4) is 0 Å². The van der Waals surface area contributed by atoms with Gasteiger partial charge in [0.15, 0.2) is 5.16 Å². The van der Waals surface area contributed by atoms with E-state index in [0.29, 0.717) is 15.7 Å². The number of hydrogen-bond acceptors (Lipinski definition) is 6. The summed E-state index contributed by atoms with van der Waals surface area (Å²) in [6.07, 6.45) is 4.78. The van der Waals surface area contributed by atoms with Crippen molar-refractivity contribution in [3.05, 3.63) is 35.0 Å². The molecule has 0 aromatic carbocycles. The molecule has 2 rings (SSSR count). The monoisotopic (exact) mass is 268 g/mol. The molecule has 0 bridgehead atoms. The third kappa shape index (κ3) is 2.91. The molecule has 0 spiro atoms. The topological polar surface area (TPSA) is 71.8 Å². The van der Waals surface area contributed by atoms with Gasteiger partial charge in [0.2, 0.25) is 0 Å². The Kier molecular flexibility index (Phi) is 3.88. The molecule has 0 aliphatic carbocycles. The van der Waals surface area contributed by atoms with E-state index < -0.39 is 0 Å². The third-order valence-corrected chi connectivity index (χ3v) is 3.22. The molecule has 0 aliphatic rings. The van der Waals surface area contributed by atoms with Crippen LogP contribution in [-0.4, -0.2) is 25.0 Å². The minimum Gasteiger partial charge on any atom is -0.391 e. The Balaban J connectivity index is 2.29. The molecule has 2 heterocycles. The van der Waals surface area contributed by atoms with E-state index in [1.807, 2.05) is 6.92 Å². The summed E-state index contributed by atoms with van der Waals surface area (Å²) >= 11 is 7.10. The maximum absolute atomic E-state index is 9.20. The summed E-state index contributed by atoms with van der Waals surface area (Å²) in [5.74, 6) is 0. The highest BCUT2D eigenvalue weighted by Crippen LogP contribution is 2.28. The summed E-state index contributed by atoms with van der Waals surface area (Å²) in [5, 5.41) is 10.6. The minimum atomic E-state index is -0.214. The largest absolute Gasteiger partial charge is 0.391 e. The molecule has 17 heavy (non-hydrogen) atoms. The molecule has 0 radical (unpaired) electrons. The maximum atomic E-state index is 9.20. The normalized spacial score (nSPS) is 10.5. The van der Waals surface area contributed by atoms with E-state index >= 15 is 0 Å². The summed E-state index contributed by atoms with van der Waals surface area (Å²) in [6.45, 7) is 1.70. The number of aromatic nitrogens is 4. The van der Waals surface area contributed by atoms with Gasteiger partial charge in [-0.1, -0.05) is 11.6 Å². The fourth-order valence-corrected chi connectivity index (χ4v) is 2.13. The van der Waals surface area contributed by atoms with Crippen LogP contribution in [-0.2, 0) is 6.61 Å². The summed E-state index contributed by atoms with van der Waals surface area (Å²) < 4.78 is 0. The van der Waals surface area contributed by atoms with Crippen LogP contribution in [0.25, 0.3) is 0 Å². The van der Waals surface area contributed by atoms with E-state index in [9.17, 15) is 5.11 Å². The van der Waals surface area contributed by atoms with Gasteiger partial charge < -0.3 is 5.11 Å². The van der Waals surface area contributed by atoms with Gasteiger partial charge in [0.25, 0.3) is 0 Å². The number of hydrogen-bond donors (Lipinski definition) is 1. The molecular weight excluding hydrogens is 260 g/mol. The first-order chi connectivity index (χ1) is 8.20. The van der Waals surface area contributed by atoms with Crippen LogP contribution in [0.4, 0.5) is 0 Å². The Labute approximate surface area is 107 Å². The molecule has 7 heteroatoms. The van der Waals surface area contributed by atoms with E-state index in [4.69, 9.17) is 11.6 Å². The molecule has 88 valence electrons. The molecule has 0 unspecified atom stereocenters. The Bertz CT molecular complexity index is 520. The molecule has 0 fully saturated rings. The molecule has 5 nitrogen and oxygen atoms in total. The van der Waals surface area contributed by atoms with Gasteiger partial charge in [0.05, 0.1) is 6.61 Å². The predicted molar refractivity (Wildman–Crippen MR) is 63.9 cm³/mol. The van der Waals surface area contributed by atoms with Crippen LogP contribution in [0, 0.1) is 6.92 Å². The van der Waals surface area contributed by atoms with E-state index in [1.54, 1.807) is 12.4 Å². The quantitative estimate of drug-likeness (QED) is 0.677. The lowest BCUT2D eigenvalue weighted by Gasteiger charge is -2.05. The van der Waals surface area contributed by atoms with Crippen molar-refractivity contribution in [1.82, 2.24) is 19.9 Å². The molecule has 2 aromatic rings. The zero-order valence-corrected chi connectivity index (χ0v) is 10.5. The highest BCUT2D eigenvalue weighted by Gasteiger charge is 2.11. The molecule has 2 aromatic heterocycles. The van der Waals surface area contributed by atoms with Crippen molar-refractivity contribution in [2.75, 3.05) is 0 Å². The first-order valence-electron chi connectivity index (χ1n) is 4.77. The van der Waals surface area contributed by atoms with Crippen LogP contribution >= 0.6 is 23.4 Å². The van der Waals surface area contributed by atoms with Crippen molar-refractivity contribution in [2.45, 2.75) is 23.7 Å². The Morgan fingerprint density at radius 1 is 1.24 bits per heavy atom. The molecule has 0 amide bonds. The Morgan fingerprint density at radius 3 is 2.59 bits per heavy atom. The summed E-state index contributed by atoms with van der Waals surface area (Å²) in [6, 6.07) is 0. The Hall–Kier alpha value is -1.24. The van der Waals surface area contributed by atoms with Gasteiger partial charge in [-0.3, -0.25) is 0 Å². The predicted octanol–water partition coefficient (Wildman–Crippen LogP) is 1.87. The van der Waals surface area contributed by atoms with Crippen LogP contribution in [0.1, 0.15) is 11.1 Å². The highest BCUT2D eigenvalue weighted by molar-refractivity contribution is 7.99. The van der Waals surface area contributed by atoms with Crippen LogP contribution in [0.5, 0.6) is 0 Å². The van der Waals surface area contributed by atoms with Crippen molar-refractivity contribution in [1.29, 1.82) is 0 Å². The average Bonchev–Trinajstić information content (AvgIpc) is 2.32. The van der Waals surface area contributed by atoms with Crippen LogP contribution < -0.4 is 0 Å². The summed E-state index contributed by atoms with van der Waals surface area (Å²) in [7, 11) is 0. The second kappa shape index (κ2) is 5.39. The standard InChI is InChI=1S/C10H9ClN4OS/c1-6-2-12-10(13-3-6)17-9-7(4-16)8(11)14-5-15-9/h2-3,5,16H,4H2,1H3. The van der Waals surface area contributed by atoms with Gasteiger partial charge >= 0.3 is 0 Å². The van der Waals surface area contributed by atoms with E-state index in [0.717, 1.165) is 5.56 Å². The number of aryl methyl sites for hydroxylation is 1. The molecule has 0 saturated heterocycles. The minimum absolute atomic E-state index is 0.214. The molecule has 1 N–H and O–H groups in total. The number of halogens is 1. The lowest BCUT2D eigenvalue weighted by atomic mass is 10.4. The SMILES string of the molecule is Cc1cnc(Sc2ncnc(Cl)c2CO)nc1. The van der Waals surface area contributed by atoms with Crippen molar-refractivity contribution < 1.29 is 5.11 Å². The van der Waals surface area contributed by atoms with Crippen LogP contribution in [0.2, 0.25) is 5.15 Å². The third-order valence-electron chi connectivity index (χ3n) is 1.96. The average molecular weight is 269 g/mol. The molecular formula is C10H9ClN4OS. The van der Waals surface area contributed by atoms with Crippen LogP contribution in [0.15, 0.2) is 28.9 Å². The number of aliphatic hydroxyl groups excluding tert-OH is 1. The highest BCUT2D eigenvalue weighted by atomic mass is 35.5. The van der Waals surface area contributed by atoms with Crippen molar-refractivity contribution >= 4 is 23.4 Å². The second-order valence-electron chi connectivity index (χ2n) is 3.25. The van der Waals surface area contributed by atoms with Crippen molar-refractivity contribution in [3.63, 3.8) is 0 Å². The van der Waals surface area contributed by atoms with Gasteiger partial charge in [-0.05, 0) is 24.2 Å². The molecule has 0 atom stereocenters. The van der Waals surface area contributed by atoms with Gasteiger partial charge in [-0.25, -0.2) is 19.9 Å². The van der Waals surface area contributed by atoms with Gasteiger partial charge in [-0.15, -0.1) is 0 Å². The lowest BCUT2D eigenvalue weighted by molar-refractivity contribution is 0.277. The second-order valence-corrected chi connectivity index (χ2v) is 4.57. The lowest BCUT2D eigenvalue weighted by Crippen LogP contribution is -1.96. The zero-order chi connectivity index (χ0) is 12.3. The molecule has 0 saturated carbocycles. The fraction of sp³-hybridized carbons (Fsp3) is 0.200. The maximum Gasteiger partial charge on any atom is 0.193 e. The number of aliphatic hydroxyl groups is 1. The summed E-state index contributed by atoms with van der Waals surface area (Å²) in [4.78, 5) is 16.2. The zero-order valence-electron chi connectivity index (χ0n) is 8.96. The van der Waals surface area contributed by atoms with E-state index in [1.165, 1.54) is 18.1 Å². The fourth-order valence-electron chi connectivity index (χ4n) is 1.12. The molecule has 0 aliphatic heterocycles. The first-order valence-corrected chi connectivity index (χ1v) is 5.97. The van der Waals surface area contributed by atoms with Gasteiger partial charge in [0, 0.05) is 18.0 Å². The van der Waals surface area contributed by atoms with E-state index in [-0.39, 0.29) is 11.8 Å². The summed E-state index contributed by atoms with van der Waals surface area (Å²) in [5.41, 5.74) is 1.47.